The van der Waals surface area contributed by atoms with Crippen molar-refractivity contribution in [3.8, 4) is 0 Å². The van der Waals surface area contributed by atoms with Gasteiger partial charge in [0, 0.05) is 0 Å². The third kappa shape index (κ3) is 1.12. The first-order valence-corrected chi connectivity index (χ1v) is 4.77. The fraction of sp³-hybridized carbons (Fsp3) is 0.545. The van der Waals surface area contributed by atoms with Crippen LogP contribution in [0.1, 0.15) is 26.2 Å². The molecule has 1 N–H and O–H groups in total. The van der Waals surface area contributed by atoms with E-state index in [1.807, 2.05) is 19.1 Å². The molecule has 0 amide bonds. The fourth-order valence-electron chi connectivity index (χ4n) is 2.28. The first kappa shape index (κ1) is 8.54. The summed E-state index contributed by atoms with van der Waals surface area (Å²) in [6, 6.07) is 0. The second-order valence-corrected chi connectivity index (χ2v) is 4.04. The van der Waals surface area contributed by atoms with Gasteiger partial charge in [-0.15, -0.1) is 0 Å². The van der Waals surface area contributed by atoms with Crippen LogP contribution in [0, 0.1) is 11.3 Å². The van der Waals surface area contributed by atoms with E-state index in [0.717, 1.165) is 24.8 Å². The summed E-state index contributed by atoms with van der Waals surface area (Å²) in [5.41, 5.74) is 0.625. The molecule has 0 aliphatic heterocycles. The Morgan fingerprint density at radius 1 is 1.69 bits per heavy atom. The summed E-state index contributed by atoms with van der Waals surface area (Å²) in [4.78, 5) is 11.1. The van der Waals surface area contributed by atoms with Crippen molar-refractivity contribution in [1.29, 1.82) is 0 Å². The van der Waals surface area contributed by atoms with E-state index in [1.165, 1.54) is 0 Å². The minimum atomic E-state index is -0.637. The van der Waals surface area contributed by atoms with E-state index in [4.69, 9.17) is 5.11 Å². The lowest BCUT2D eigenvalue weighted by molar-refractivity contribution is -0.142. The van der Waals surface area contributed by atoms with Crippen molar-refractivity contribution in [3.05, 3.63) is 23.8 Å². The van der Waals surface area contributed by atoms with Crippen LogP contribution in [-0.4, -0.2) is 11.1 Å². The molecular formula is C11H14O2. The second-order valence-electron chi connectivity index (χ2n) is 4.04. The third-order valence-electron chi connectivity index (χ3n) is 3.28. The van der Waals surface area contributed by atoms with Crippen LogP contribution in [0.5, 0.6) is 0 Å². The highest BCUT2D eigenvalue weighted by atomic mass is 16.4. The van der Waals surface area contributed by atoms with Gasteiger partial charge in [-0.3, -0.25) is 4.79 Å². The van der Waals surface area contributed by atoms with Crippen LogP contribution < -0.4 is 0 Å². The van der Waals surface area contributed by atoms with Crippen molar-refractivity contribution >= 4 is 5.97 Å². The quantitative estimate of drug-likeness (QED) is 0.704. The number of carboxylic acids is 1. The number of hydrogen-bond donors (Lipinski definition) is 1. The molecule has 13 heavy (non-hydrogen) atoms. The first-order chi connectivity index (χ1) is 6.18. The molecule has 0 aromatic rings. The van der Waals surface area contributed by atoms with Crippen molar-refractivity contribution in [2.24, 2.45) is 11.3 Å². The molecule has 2 aliphatic rings. The normalized spacial score (nSPS) is 37.0. The van der Waals surface area contributed by atoms with Gasteiger partial charge >= 0.3 is 5.97 Å². The van der Waals surface area contributed by atoms with E-state index in [0.29, 0.717) is 5.92 Å². The predicted molar refractivity (Wildman–Crippen MR) is 50.3 cm³/mol. The van der Waals surface area contributed by atoms with Gasteiger partial charge in [0.2, 0.25) is 0 Å². The highest BCUT2D eigenvalue weighted by Crippen LogP contribution is 2.59. The molecule has 2 nitrogen and oxygen atoms in total. The molecule has 70 valence electrons. The molecule has 2 atom stereocenters. The van der Waals surface area contributed by atoms with Gasteiger partial charge in [0.25, 0.3) is 0 Å². The van der Waals surface area contributed by atoms with Crippen molar-refractivity contribution in [3.63, 3.8) is 0 Å². The minimum absolute atomic E-state index is 0.322. The second kappa shape index (κ2) is 2.72. The van der Waals surface area contributed by atoms with Crippen molar-refractivity contribution in [2.45, 2.75) is 26.2 Å². The van der Waals surface area contributed by atoms with Crippen LogP contribution in [0.3, 0.4) is 0 Å². The molecule has 1 fully saturated rings. The Kier molecular flexibility index (Phi) is 1.79. The molecule has 1 saturated carbocycles. The SMILES string of the molecule is CC1C[C@]1(C(=O)O)C1=CC=CCC1. The van der Waals surface area contributed by atoms with Crippen molar-refractivity contribution in [1.82, 2.24) is 0 Å². The van der Waals surface area contributed by atoms with Crippen LogP contribution in [0.15, 0.2) is 23.8 Å². The fourth-order valence-corrected chi connectivity index (χ4v) is 2.28. The molecule has 2 aliphatic carbocycles. The van der Waals surface area contributed by atoms with Gasteiger partial charge in [0.15, 0.2) is 0 Å². The maximum Gasteiger partial charge on any atom is 0.314 e. The Hall–Kier alpha value is -1.05. The minimum Gasteiger partial charge on any atom is -0.481 e. The predicted octanol–water partition coefficient (Wildman–Crippen LogP) is 2.37. The largest absolute Gasteiger partial charge is 0.481 e. The lowest BCUT2D eigenvalue weighted by Gasteiger charge is -2.17. The van der Waals surface area contributed by atoms with Gasteiger partial charge in [-0.25, -0.2) is 0 Å². The summed E-state index contributed by atoms with van der Waals surface area (Å²) in [7, 11) is 0. The molecular weight excluding hydrogens is 164 g/mol. The average molecular weight is 178 g/mol. The highest BCUT2D eigenvalue weighted by Gasteiger charge is 2.59. The zero-order valence-electron chi connectivity index (χ0n) is 7.79. The van der Waals surface area contributed by atoms with E-state index < -0.39 is 11.4 Å². The highest BCUT2D eigenvalue weighted by molar-refractivity contribution is 5.83. The molecule has 0 saturated heterocycles. The Bertz CT molecular complexity index is 301. The lowest BCUT2D eigenvalue weighted by Crippen LogP contribution is -2.20. The lowest BCUT2D eigenvalue weighted by atomic mass is 9.87. The smallest absolute Gasteiger partial charge is 0.314 e. The van der Waals surface area contributed by atoms with Crippen LogP contribution >= 0.6 is 0 Å². The Labute approximate surface area is 78.0 Å². The van der Waals surface area contributed by atoms with Crippen LogP contribution in [-0.2, 0) is 4.79 Å². The number of rotatable bonds is 2. The molecule has 0 aromatic carbocycles. The van der Waals surface area contributed by atoms with Gasteiger partial charge in [0.05, 0.1) is 5.41 Å². The molecule has 0 spiro atoms. The average Bonchev–Trinajstić information content (AvgIpc) is 2.80. The maximum atomic E-state index is 11.1. The molecule has 0 aromatic heterocycles. The van der Waals surface area contributed by atoms with Crippen LogP contribution in [0.4, 0.5) is 0 Å². The van der Waals surface area contributed by atoms with Crippen molar-refractivity contribution in [2.75, 3.05) is 0 Å². The molecule has 0 heterocycles. The monoisotopic (exact) mass is 178 g/mol. The Morgan fingerprint density at radius 3 is 2.77 bits per heavy atom. The van der Waals surface area contributed by atoms with Gasteiger partial charge in [-0.2, -0.15) is 0 Å². The number of hydrogen-bond acceptors (Lipinski definition) is 1. The number of aliphatic carboxylic acids is 1. The number of carbonyl (C=O) groups is 1. The Morgan fingerprint density at radius 2 is 2.38 bits per heavy atom. The summed E-state index contributed by atoms with van der Waals surface area (Å²) < 4.78 is 0. The van der Waals surface area contributed by atoms with E-state index in [9.17, 15) is 4.79 Å². The number of allylic oxidation sites excluding steroid dienone is 3. The third-order valence-corrected chi connectivity index (χ3v) is 3.28. The van der Waals surface area contributed by atoms with Gasteiger partial charge in [-0.05, 0) is 25.2 Å². The Balaban J connectivity index is 2.28. The summed E-state index contributed by atoms with van der Waals surface area (Å²) in [6.07, 6.45) is 8.80. The van der Waals surface area contributed by atoms with Crippen LogP contribution in [0.25, 0.3) is 0 Å². The summed E-state index contributed by atoms with van der Waals surface area (Å²) >= 11 is 0. The molecule has 2 rings (SSSR count). The molecule has 1 unspecified atom stereocenters. The van der Waals surface area contributed by atoms with Gasteiger partial charge < -0.3 is 5.11 Å². The van der Waals surface area contributed by atoms with E-state index in [-0.39, 0.29) is 0 Å². The maximum absolute atomic E-state index is 11.1. The first-order valence-electron chi connectivity index (χ1n) is 4.77. The summed E-state index contributed by atoms with van der Waals surface area (Å²) in [6.45, 7) is 2.02. The zero-order chi connectivity index (χ0) is 9.47. The number of carboxylic acid groups (broad SMARTS) is 1. The van der Waals surface area contributed by atoms with E-state index in [1.54, 1.807) is 0 Å². The van der Waals surface area contributed by atoms with E-state index >= 15 is 0 Å². The zero-order valence-corrected chi connectivity index (χ0v) is 7.79. The molecule has 2 heteroatoms. The van der Waals surface area contributed by atoms with Crippen LogP contribution in [0.2, 0.25) is 0 Å². The molecule has 0 radical (unpaired) electrons. The topological polar surface area (TPSA) is 37.3 Å². The summed E-state index contributed by atoms with van der Waals surface area (Å²) in [5, 5.41) is 9.16. The van der Waals surface area contributed by atoms with Crippen molar-refractivity contribution < 1.29 is 9.90 Å². The standard InChI is InChI=1S/C11H14O2/c1-8-7-11(8,10(12)13)9-5-3-2-4-6-9/h2-3,5,8H,4,6-7H2,1H3,(H,12,13)/t8?,11-/m1/s1. The van der Waals surface area contributed by atoms with Gasteiger partial charge in [-0.1, -0.05) is 30.7 Å². The van der Waals surface area contributed by atoms with E-state index in [2.05, 4.69) is 6.08 Å². The summed E-state index contributed by atoms with van der Waals surface area (Å²) in [5.74, 6) is -0.315. The van der Waals surface area contributed by atoms with Gasteiger partial charge in [0.1, 0.15) is 0 Å². The molecule has 0 bridgehead atoms.